The molecule has 1 aromatic rings. The molecule has 0 aliphatic carbocycles. The SMILES string of the molecule is COCCCNC(=S)NC(C)c1cc(OC)ccc1OC. The molecule has 118 valence electrons. The molecule has 0 saturated heterocycles. The zero-order chi connectivity index (χ0) is 15.7. The van der Waals surface area contributed by atoms with Crippen molar-refractivity contribution in [2.45, 2.75) is 19.4 Å². The molecule has 0 radical (unpaired) electrons. The summed E-state index contributed by atoms with van der Waals surface area (Å²) in [7, 11) is 4.98. The van der Waals surface area contributed by atoms with Crippen LogP contribution in [0.1, 0.15) is 24.9 Å². The van der Waals surface area contributed by atoms with Crippen molar-refractivity contribution in [1.82, 2.24) is 10.6 Å². The summed E-state index contributed by atoms with van der Waals surface area (Å²) in [6.45, 7) is 3.52. The van der Waals surface area contributed by atoms with Crippen LogP contribution < -0.4 is 20.1 Å². The van der Waals surface area contributed by atoms with Gasteiger partial charge in [0.1, 0.15) is 11.5 Å². The molecule has 0 aliphatic rings. The van der Waals surface area contributed by atoms with Crippen LogP contribution in [0.4, 0.5) is 0 Å². The molecule has 5 nitrogen and oxygen atoms in total. The Labute approximate surface area is 132 Å². The first-order chi connectivity index (χ1) is 10.1. The second-order valence-corrected chi connectivity index (χ2v) is 4.98. The largest absolute Gasteiger partial charge is 0.497 e. The van der Waals surface area contributed by atoms with Gasteiger partial charge in [-0.25, -0.2) is 0 Å². The van der Waals surface area contributed by atoms with Gasteiger partial charge in [-0.3, -0.25) is 0 Å². The Morgan fingerprint density at radius 2 is 2.00 bits per heavy atom. The van der Waals surface area contributed by atoms with E-state index in [0.29, 0.717) is 5.11 Å². The molecule has 2 N–H and O–H groups in total. The summed E-state index contributed by atoms with van der Waals surface area (Å²) >= 11 is 5.29. The van der Waals surface area contributed by atoms with Crippen LogP contribution in [0, 0.1) is 0 Å². The highest BCUT2D eigenvalue weighted by Gasteiger charge is 2.13. The van der Waals surface area contributed by atoms with Gasteiger partial charge in [0, 0.05) is 25.8 Å². The van der Waals surface area contributed by atoms with Crippen molar-refractivity contribution in [2.75, 3.05) is 34.5 Å². The standard InChI is InChI=1S/C15H24N2O3S/c1-11(17-15(21)16-8-5-9-18-2)13-10-12(19-3)6-7-14(13)20-4/h6-7,10-11H,5,8-9H2,1-4H3,(H2,16,17,21). The smallest absolute Gasteiger partial charge is 0.166 e. The van der Waals surface area contributed by atoms with Crippen LogP contribution in [0.2, 0.25) is 0 Å². The second-order valence-electron chi connectivity index (χ2n) is 4.58. The Morgan fingerprint density at radius 3 is 2.62 bits per heavy atom. The van der Waals surface area contributed by atoms with Gasteiger partial charge in [-0.15, -0.1) is 0 Å². The van der Waals surface area contributed by atoms with E-state index in [-0.39, 0.29) is 6.04 Å². The number of methoxy groups -OCH3 is 3. The fourth-order valence-electron chi connectivity index (χ4n) is 1.92. The number of hydrogen-bond donors (Lipinski definition) is 2. The number of thiocarbonyl (C=S) groups is 1. The maximum atomic E-state index is 5.38. The summed E-state index contributed by atoms with van der Waals surface area (Å²) in [5.41, 5.74) is 0.998. The van der Waals surface area contributed by atoms with E-state index >= 15 is 0 Å². The number of nitrogens with one attached hydrogen (secondary N) is 2. The van der Waals surface area contributed by atoms with Gasteiger partial charge in [0.25, 0.3) is 0 Å². The van der Waals surface area contributed by atoms with Gasteiger partial charge < -0.3 is 24.8 Å². The lowest BCUT2D eigenvalue weighted by Gasteiger charge is -2.20. The van der Waals surface area contributed by atoms with Crippen LogP contribution in [0.25, 0.3) is 0 Å². The van der Waals surface area contributed by atoms with Gasteiger partial charge in [-0.05, 0) is 43.8 Å². The molecule has 0 aliphatic heterocycles. The zero-order valence-electron chi connectivity index (χ0n) is 13.1. The van der Waals surface area contributed by atoms with E-state index in [9.17, 15) is 0 Å². The number of rotatable bonds is 8. The van der Waals surface area contributed by atoms with Gasteiger partial charge in [-0.2, -0.15) is 0 Å². The molecule has 1 aromatic carbocycles. The van der Waals surface area contributed by atoms with E-state index in [4.69, 9.17) is 26.4 Å². The molecule has 0 saturated carbocycles. The third-order valence-electron chi connectivity index (χ3n) is 3.06. The molecule has 0 fully saturated rings. The fourth-order valence-corrected chi connectivity index (χ4v) is 2.20. The van der Waals surface area contributed by atoms with Crippen LogP contribution >= 0.6 is 12.2 Å². The second kappa shape index (κ2) is 9.41. The van der Waals surface area contributed by atoms with E-state index in [1.807, 2.05) is 25.1 Å². The van der Waals surface area contributed by atoms with E-state index in [1.165, 1.54) is 0 Å². The van der Waals surface area contributed by atoms with E-state index in [0.717, 1.165) is 36.6 Å². The predicted molar refractivity (Wildman–Crippen MR) is 88.2 cm³/mol. The normalized spacial score (nSPS) is 11.6. The Bertz CT molecular complexity index is 455. The molecule has 0 amide bonds. The first-order valence-electron chi connectivity index (χ1n) is 6.87. The summed E-state index contributed by atoms with van der Waals surface area (Å²) in [5.74, 6) is 1.59. The van der Waals surface area contributed by atoms with Crippen LogP contribution in [0.15, 0.2) is 18.2 Å². The van der Waals surface area contributed by atoms with Crippen molar-refractivity contribution in [2.24, 2.45) is 0 Å². The molecular weight excluding hydrogens is 288 g/mol. The Balaban J connectivity index is 2.61. The van der Waals surface area contributed by atoms with Gasteiger partial charge in [0.05, 0.1) is 20.3 Å². The highest BCUT2D eigenvalue weighted by Crippen LogP contribution is 2.29. The lowest BCUT2D eigenvalue weighted by atomic mass is 10.1. The van der Waals surface area contributed by atoms with Crippen LogP contribution in [0.5, 0.6) is 11.5 Å². The summed E-state index contributed by atoms with van der Waals surface area (Å²) in [4.78, 5) is 0. The van der Waals surface area contributed by atoms with Crippen LogP contribution in [0.3, 0.4) is 0 Å². The Morgan fingerprint density at radius 1 is 1.24 bits per heavy atom. The van der Waals surface area contributed by atoms with Crippen molar-refractivity contribution in [3.63, 3.8) is 0 Å². The number of ether oxygens (including phenoxy) is 3. The van der Waals surface area contributed by atoms with Gasteiger partial charge in [0.2, 0.25) is 0 Å². The molecular formula is C15H24N2O3S. The topological polar surface area (TPSA) is 51.8 Å². The molecule has 6 heteroatoms. The predicted octanol–water partition coefficient (Wildman–Crippen LogP) is 2.27. The van der Waals surface area contributed by atoms with Gasteiger partial charge >= 0.3 is 0 Å². The minimum atomic E-state index is 0.0116. The molecule has 21 heavy (non-hydrogen) atoms. The van der Waals surface area contributed by atoms with Crippen molar-refractivity contribution >= 4 is 17.3 Å². The lowest BCUT2D eigenvalue weighted by Crippen LogP contribution is -2.37. The van der Waals surface area contributed by atoms with Gasteiger partial charge in [0.15, 0.2) is 5.11 Å². The van der Waals surface area contributed by atoms with Crippen molar-refractivity contribution in [1.29, 1.82) is 0 Å². The third-order valence-corrected chi connectivity index (χ3v) is 3.32. The third kappa shape index (κ3) is 5.77. The molecule has 0 bridgehead atoms. The molecule has 1 unspecified atom stereocenters. The molecule has 0 heterocycles. The van der Waals surface area contributed by atoms with E-state index in [2.05, 4.69) is 10.6 Å². The highest BCUT2D eigenvalue weighted by atomic mass is 32.1. The quantitative estimate of drug-likeness (QED) is 0.567. The zero-order valence-corrected chi connectivity index (χ0v) is 13.9. The van der Waals surface area contributed by atoms with Crippen molar-refractivity contribution in [3.8, 4) is 11.5 Å². The van der Waals surface area contributed by atoms with Crippen LogP contribution in [-0.4, -0.2) is 39.6 Å². The summed E-state index contributed by atoms with van der Waals surface area (Å²) in [5, 5.41) is 7.01. The van der Waals surface area contributed by atoms with Crippen LogP contribution in [-0.2, 0) is 4.74 Å². The Hall–Kier alpha value is -1.53. The fraction of sp³-hybridized carbons (Fsp3) is 0.533. The number of benzene rings is 1. The average molecular weight is 312 g/mol. The first-order valence-corrected chi connectivity index (χ1v) is 7.28. The van der Waals surface area contributed by atoms with Crippen molar-refractivity contribution < 1.29 is 14.2 Å². The minimum absolute atomic E-state index is 0.0116. The monoisotopic (exact) mass is 312 g/mol. The lowest BCUT2D eigenvalue weighted by molar-refractivity contribution is 0.195. The summed E-state index contributed by atoms with van der Waals surface area (Å²) in [6.07, 6.45) is 0.912. The van der Waals surface area contributed by atoms with Crippen molar-refractivity contribution in [3.05, 3.63) is 23.8 Å². The average Bonchev–Trinajstić information content (AvgIpc) is 2.50. The van der Waals surface area contributed by atoms with Gasteiger partial charge in [-0.1, -0.05) is 0 Å². The van der Waals surface area contributed by atoms with E-state index < -0.39 is 0 Å². The maximum Gasteiger partial charge on any atom is 0.166 e. The number of hydrogen-bond acceptors (Lipinski definition) is 4. The molecule has 1 rings (SSSR count). The molecule has 0 spiro atoms. The summed E-state index contributed by atoms with van der Waals surface area (Å²) < 4.78 is 15.6. The first kappa shape index (κ1) is 17.5. The maximum absolute atomic E-state index is 5.38. The molecule has 1 atom stereocenters. The highest BCUT2D eigenvalue weighted by molar-refractivity contribution is 7.80. The van der Waals surface area contributed by atoms with E-state index in [1.54, 1.807) is 21.3 Å². The summed E-state index contributed by atoms with van der Waals surface area (Å²) in [6, 6.07) is 5.72. The minimum Gasteiger partial charge on any atom is -0.497 e. The Kier molecular flexibility index (Phi) is 7.85. The molecule has 0 aromatic heterocycles.